The van der Waals surface area contributed by atoms with Crippen LogP contribution in [0.5, 0.6) is 0 Å². The summed E-state index contributed by atoms with van der Waals surface area (Å²) in [4.78, 5) is 14.3. The highest BCUT2D eigenvalue weighted by atomic mass is 15.3. The van der Waals surface area contributed by atoms with Gasteiger partial charge in [-0.25, -0.2) is 19.6 Å². The molecule has 164 valence electrons. The number of benzene rings is 1. The highest BCUT2D eigenvalue weighted by molar-refractivity contribution is 5.96. The van der Waals surface area contributed by atoms with Crippen LogP contribution in [0.25, 0.3) is 27.8 Å². The molecule has 3 heterocycles. The molecule has 7 nitrogen and oxygen atoms in total. The Labute approximate surface area is 188 Å². The van der Waals surface area contributed by atoms with Crippen molar-refractivity contribution in [2.75, 3.05) is 11.1 Å². The number of anilines is 2. The van der Waals surface area contributed by atoms with Crippen LogP contribution in [0.2, 0.25) is 0 Å². The number of nitrogens with two attached hydrogens (primary N) is 1. The largest absolute Gasteiger partial charge is 0.382 e. The monoisotopic (exact) mass is 427 g/mol. The van der Waals surface area contributed by atoms with Crippen LogP contribution >= 0.6 is 0 Å². The number of fused-ring (bicyclic) bond motifs is 1. The standard InChI is InChI=1S/C25H29N7/c1-4-21-25(29-18-7-5-6-8-18)31-22-20(13-27-24(26)23(22)30-21)17-12-28-32(14-17)19-10-9-15(2)16(3)11-19/h9-14,18H,4-8H2,1-3H3,(H2,26,27)(H,29,31). The zero-order chi connectivity index (χ0) is 22.2. The fraction of sp³-hybridized carbons (Fsp3) is 0.360. The predicted molar refractivity (Wildman–Crippen MR) is 129 cm³/mol. The molecule has 5 rings (SSSR count). The van der Waals surface area contributed by atoms with Crippen LogP contribution in [0.4, 0.5) is 11.6 Å². The average Bonchev–Trinajstić information content (AvgIpc) is 3.48. The second kappa shape index (κ2) is 8.22. The molecule has 3 N–H and O–H groups in total. The highest BCUT2D eigenvalue weighted by Crippen LogP contribution is 2.32. The molecule has 4 aromatic rings. The van der Waals surface area contributed by atoms with E-state index in [0.717, 1.165) is 40.3 Å². The Kier molecular flexibility index (Phi) is 5.25. The predicted octanol–water partition coefficient (Wildman–Crippen LogP) is 4.99. The molecule has 3 aromatic heterocycles. The normalized spacial score (nSPS) is 14.3. The van der Waals surface area contributed by atoms with Gasteiger partial charge in [-0.3, -0.25) is 0 Å². The molecule has 32 heavy (non-hydrogen) atoms. The third-order valence-electron chi connectivity index (χ3n) is 6.48. The Morgan fingerprint density at radius 2 is 1.88 bits per heavy atom. The molecule has 0 saturated heterocycles. The number of aryl methyl sites for hydroxylation is 3. The van der Waals surface area contributed by atoms with E-state index in [1.807, 2.05) is 17.1 Å². The number of pyridine rings is 1. The fourth-order valence-electron chi connectivity index (χ4n) is 4.40. The minimum Gasteiger partial charge on any atom is -0.382 e. The van der Waals surface area contributed by atoms with E-state index in [9.17, 15) is 0 Å². The van der Waals surface area contributed by atoms with Crippen molar-refractivity contribution in [3.05, 3.63) is 53.6 Å². The molecule has 0 bridgehead atoms. The maximum absolute atomic E-state index is 6.21. The van der Waals surface area contributed by atoms with Crippen LogP contribution in [-0.4, -0.2) is 30.8 Å². The number of rotatable bonds is 5. The number of hydrogen-bond donors (Lipinski definition) is 2. The molecule has 1 saturated carbocycles. The van der Waals surface area contributed by atoms with Gasteiger partial charge in [0.15, 0.2) is 5.82 Å². The first kappa shape index (κ1) is 20.4. The van der Waals surface area contributed by atoms with Gasteiger partial charge in [0.05, 0.1) is 17.6 Å². The quantitative estimate of drug-likeness (QED) is 0.466. The Balaban J connectivity index is 1.60. The summed E-state index contributed by atoms with van der Waals surface area (Å²) in [5.74, 6) is 1.26. The molecule has 1 fully saturated rings. The molecule has 0 unspecified atom stereocenters. The summed E-state index contributed by atoms with van der Waals surface area (Å²) in [6.07, 6.45) is 11.3. The lowest BCUT2D eigenvalue weighted by atomic mass is 10.1. The van der Waals surface area contributed by atoms with Gasteiger partial charge in [0, 0.05) is 29.6 Å². The van der Waals surface area contributed by atoms with Crippen LogP contribution in [-0.2, 0) is 6.42 Å². The van der Waals surface area contributed by atoms with Gasteiger partial charge in [-0.15, -0.1) is 0 Å². The molecule has 1 aliphatic carbocycles. The van der Waals surface area contributed by atoms with Gasteiger partial charge in [0.25, 0.3) is 0 Å². The van der Waals surface area contributed by atoms with E-state index in [4.69, 9.17) is 15.7 Å². The van der Waals surface area contributed by atoms with Crippen molar-refractivity contribution in [3.63, 3.8) is 0 Å². The van der Waals surface area contributed by atoms with E-state index in [1.54, 1.807) is 6.20 Å². The fourth-order valence-corrected chi connectivity index (χ4v) is 4.40. The summed E-state index contributed by atoms with van der Waals surface area (Å²) in [5.41, 5.74) is 13.9. The van der Waals surface area contributed by atoms with E-state index in [0.29, 0.717) is 17.4 Å². The van der Waals surface area contributed by atoms with Gasteiger partial charge in [-0.05, 0) is 56.4 Å². The van der Waals surface area contributed by atoms with E-state index >= 15 is 0 Å². The number of hydrogen-bond acceptors (Lipinski definition) is 6. The maximum atomic E-state index is 6.21. The number of aromatic nitrogens is 5. The smallest absolute Gasteiger partial charge is 0.151 e. The zero-order valence-electron chi connectivity index (χ0n) is 18.9. The number of nitrogens with zero attached hydrogens (tertiary/aromatic N) is 5. The van der Waals surface area contributed by atoms with Crippen LogP contribution < -0.4 is 11.1 Å². The third-order valence-corrected chi connectivity index (χ3v) is 6.48. The molecule has 0 atom stereocenters. The lowest BCUT2D eigenvalue weighted by Gasteiger charge is -2.17. The zero-order valence-corrected chi connectivity index (χ0v) is 18.9. The van der Waals surface area contributed by atoms with Gasteiger partial charge in [-0.2, -0.15) is 5.10 Å². The van der Waals surface area contributed by atoms with Crippen molar-refractivity contribution in [2.24, 2.45) is 0 Å². The molecule has 0 radical (unpaired) electrons. The Morgan fingerprint density at radius 1 is 1.06 bits per heavy atom. The summed E-state index contributed by atoms with van der Waals surface area (Å²) in [6, 6.07) is 6.80. The molecule has 1 aromatic carbocycles. The first-order valence-corrected chi connectivity index (χ1v) is 11.4. The van der Waals surface area contributed by atoms with Crippen LogP contribution in [0.1, 0.15) is 49.4 Å². The van der Waals surface area contributed by atoms with Crippen molar-refractivity contribution in [1.82, 2.24) is 24.7 Å². The summed E-state index contributed by atoms with van der Waals surface area (Å²) in [6.45, 7) is 6.32. The van der Waals surface area contributed by atoms with Gasteiger partial charge in [0.1, 0.15) is 16.9 Å². The van der Waals surface area contributed by atoms with E-state index < -0.39 is 0 Å². The Bertz CT molecular complexity index is 1290. The minimum absolute atomic E-state index is 0.403. The molecular formula is C25H29N7. The lowest BCUT2D eigenvalue weighted by molar-refractivity contribution is 0.747. The van der Waals surface area contributed by atoms with Crippen LogP contribution in [0, 0.1) is 13.8 Å². The van der Waals surface area contributed by atoms with Crippen LogP contribution in [0.15, 0.2) is 36.8 Å². The van der Waals surface area contributed by atoms with Crippen molar-refractivity contribution in [3.8, 4) is 16.8 Å². The molecule has 7 heteroatoms. The second-order valence-electron chi connectivity index (χ2n) is 8.69. The third kappa shape index (κ3) is 3.68. The van der Waals surface area contributed by atoms with Gasteiger partial charge >= 0.3 is 0 Å². The van der Waals surface area contributed by atoms with Crippen molar-refractivity contribution in [2.45, 2.75) is 58.9 Å². The molecule has 1 aliphatic rings. The summed E-state index contributed by atoms with van der Waals surface area (Å²) in [5, 5.41) is 8.23. The van der Waals surface area contributed by atoms with Crippen LogP contribution in [0.3, 0.4) is 0 Å². The van der Waals surface area contributed by atoms with Gasteiger partial charge in [0.2, 0.25) is 0 Å². The van der Waals surface area contributed by atoms with Crippen molar-refractivity contribution in [1.29, 1.82) is 0 Å². The first-order chi connectivity index (χ1) is 15.5. The van der Waals surface area contributed by atoms with Gasteiger partial charge in [-0.1, -0.05) is 25.8 Å². The average molecular weight is 428 g/mol. The minimum atomic E-state index is 0.403. The first-order valence-electron chi connectivity index (χ1n) is 11.4. The lowest BCUT2D eigenvalue weighted by Crippen LogP contribution is -2.18. The van der Waals surface area contributed by atoms with E-state index in [1.165, 1.54) is 36.8 Å². The molecule has 0 spiro atoms. The van der Waals surface area contributed by atoms with Crippen molar-refractivity contribution < 1.29 is 0 Å². The molecular weight excluding hydrogens is 398 g/mol. The molecule has 0 aliphatic heterocycles. The van der Waals surface area contributed by atoms with E-state index in [-0.39, 0.29) is 0 Å². The molecule has 0 amide bonds. The summed E-state index contributed by atoms with van der Waals surface area (Å²) < 4.78 is 1.88. The Morgan fingerprint density at radius 3 is 2.62 bits per heavy atom. The van der Waals surface area contributed by atoms with E-state index in [2.05, 4.69) is 54.4 Å². The summed E-state index contributed by atoms with van der Waals surface area (Å²) >= 11 is 0. The highest BCUT2D eigenvalue weighted by Gasteiger charge is 2.20. The number of nitrogens with one attached hydrogen (secondary N) is 1. The van der Waals surface area contributed by atoms with Gasteiger partial charge < -0.3 is 11.1 Å². The SMILES string of the molecule is CCc1nc2c(N)ncc(-c3cnn(-c4ccc(C)c(C)c4)c3)c2nc1NC1CCCC1. The maximum Gasteiger partial charge on any atom is 0.151 e. The second-order valence-corrected chi connectivity index (χ2v) is 8.69. The van der Waals surface area contributed by atoms with Crippen molar-refractivity contribution >= 4 is 22.7 Å². The Hall–Kier alpha value is -3.48. The topological polar surface area (TPSA) is 94.5 Å². The number of nitrogen functional groups attached to an aromatic ring is 1. The summed E-state index contributed by atoms with van der Waals surface area (Å²) in [7, 11) is 0.